The van der Waals surface area contributed by atoms with Crippen LogP contribution in [0.25, 0.3) is 0 Å². The molecule has 0 fully saturated rings. The molecule has 0 aromatic heterocycles. The molecule has 0 saturated carbocycles. The highest BCUT2D eigenvalue weighted by atomic mass is 79.9. The molecule has 82 valence electrons. The van der Waals surface area contributed by atoms with Crippen LogP contribution in [0.15, 0.2) is 28.7 Å². The molecule has 0 spiro atoms. The van der Waals surface area contributed by atoms with Crippen LogP contribution in [0.5, 0.6) is 0 Å². The van der Waals surface area contributed by atoms with Crippen molar-refractivity contribution in [3.63, 3.8) is 0 Å². The summed E-state index contributed by atoms with van der Waals surface area (Å²) >= 11 is 3.35. The lowest BCUT2D eigenvalue weighted by atomic mass is 10.2. The summed E-state index contributed by atoms with van der Waals surface area (Å²) in [6.45, 7) is 2.42. The molecule has 1 amide bonds. The Balaban J connectivity index is 2.43. The Morgan fingerprint density at radius 1 is 1.47 bits per heavy atom. The van der Waals surface area contributed by atoms with Gasteiger partial charge in [0.15, 0.2) is 0 Å². The van der Waals surface area contributed by atoms with E-state index >= 15 is 0 Å². The van der Waals surface area contributed by atoms with Crippen LogP contribution < -0.4 is 11.1 Å². The Kier molecular flexibility index (Phi) is 4.78. The van der Waals surface area contributed by atoms with Crippen LogP contribution in [0, 0.1) is 0 Å². The van der Waals surface area contributed by atoms with E-state index in [9.17, 15) is 4.79 Å². The zero-order valence-corrected chi connectivity index (χ0v) is 10.3. The van der Waals surface area contributed by atoms with Gasteiger partial charge in [-0.3, -0.25) is 4.79 Å². The van der Waals surface area contributed by atoms with Crippen LogP contribution in [-0.4, -0.2) is 11.9 Å². The standard InChI is InChI=1S/C11H15BrN2O/c1-2-10(13)11(15)14-7-8-3-5-9(12)6-4-8/h3-6,10H,2,7,13H2,1H3,(H,14,15)/t10-/m0/s1. The number of hydrogen-bond acceptors (Lipinski definition) is 2. The zero-order valence-electron chi connectivity index (χ0n) is 8.66. The number of benzene rings is 1. The van der Waals surface area contributed by atoms with Gasteiger partial charge in [-0.2, -0.15) is 0 Å². The van der Waals surface area contributed by atoms with Gasteiger partial charge in [0, 0.05) is 11.0 Å². The van der Waals surface area contributed by atoms with Crippen molar-refractivity contribution in [2.75, 3.05) is 0 Å². The van der Waals surface area contributed by atoms with E-state index in [1.807, 2.05) is 31.2 Å². The van der Waals surface area contributed by atoms with Crippen molar-refractivity contribution in [1.82, 2.24) is 5.32 Å². The highest BCUT2D eigenvalue weighted by Crippen LogP contribution is 2.10. The number of carbonyl (C=O) groups excluding carboxylic acids is 1. The van der Waals surface area contributed by atoms with Crippen LogP contribution in [-0.2, 0) is 11.3 Å². The van der Waals surface area contributed by atoms with Crippen molar-refractivity contribution in [1.29, 1.82) is 0 Å². The molecule has 1 atom stereocenters. The minimum absolute atomic E-state index is 0.0968. The first-order valence-electron chi connectivity index (χ1n) is 4.91. The summed E-state index contributed by atoms with van der Waals surface area (Å²) in [5.74, 6) is -0.0968. The summed E-state index contributed by atoms with van der Waals surface area (Å²) in [7, 11) is 0. The fourth-order valence-electron chi connectivity index (χ4n) is 1.11. The molecule has 0 aliphatic rings. The Labute approximate surface area is 98.2 Å². The van der Waals surface area contributed by atoms with Crippen molar-refractivity contribution in [2.45, 2.75) is 25.9 Å². The lowest BCUT2D eigenvalue weighted by Gasteiger charge is -2.09. The van der Waals surface area contributed by atoms with Gasteiger partial charge in [0.25, 0.3) is 0 Å². The average Bonchev–Trinajstić information content (AvgIpc) is 2.26. The second kappa shape index (κ2) is 5.88. The fraction of sp³-hybridized carbons (Fsp3) is 0.364. The molecule has 0 aliphatic heterocycles. The number of amides is 1. The molecule has 3 N–H and O–H groups in total. The minimum Gasteiger partial charge on any atom is -0.351 e. The molecule has 3 nitrogen and oxygen atoms in total. The van der Waals surface area contributed by atoms with Crippen LogP contribution in [0.1, 0.15) is 18.9 Å². The van der Waals surface area contributed by atoms with Gasteiger partial charge in [-0.25, -0.2) is 0 Å². The molecule has 1 rings (SSSR count). The molecule has 0 aliphatic carbocycles. The number of nitrogens with one attached hydrogen (secondary N) is 1. The second-order valence-electron chi connectivity index (χ2n) is 3.36. The number of nitrogens with two attached hydrogens (primary N) is 1. The summed E-state index contributed by atoms with van der Waals surface area (Å²) in [6.07, 6.45) is 0.659. The van der Waals surface area contributed by atoms with E-state index in [0.29, 0.717) is 13.0 Å². The van der Waals surface area contributed by atoms with Crippen LogP contribution in [0.3, 0.4) is 0 Å². The highest BCUT2D eigenvalue weighted by molar-refractivity contribution is 9.10. The maximum Gasteiger partial charge on any atom is 0.237 e. The van der Waals surface area contributed by atoms with E-state index in [0.717, 1.165) is 10.0 Å². The topological polar surface area (TPSA) is 55.1 Å². The summed E-state index contributed by atoms with van der Waals surface area (Å²) in [6, 6.07) is 7.41. The molecule has 15 heavy (non-hydrogen) atoms. The first-order chi connectivity index (χ1) is 7.13. The number of rotatable bonds is 4. The third-order valence-electron chi connectivity index (χ3n) is 2.16. The number of halogens is 1. The van der Waals surface area contributed by atoms with Gasteiger partial charge in [-0.15, -0.1) is 0 Å². The Bertz CT molecular complexity index is 324. The maximum atomic E-state index is 11.4. The molecule has 1 aromatic carbocycles. The quantitative estimate of drug-likeness (QED) is 0.877. The molecule has 0 unspecified atom stereocenters. The van der Waals surface area contributed by atoms with Gasteiger partial charge in [0.2, 0.25) is 5.91 Å². The Hall–Kier alpha value is -0.870. The van der Waals surface area contributed by atoms with E-state index in [1.54, 1.807) is 0 Å². The summed E-state index contributed by atoms with van der Waals surface area (Å²) in [5.41, 5.74) is 6.65. The van der Waals surface area contributed by atoms with Gasteiger partial charge in [-0.1, -0.05) is 35.0 Å². The monoisotopic (exact) mass is 270 g/mol. The third kappa shape index (κ3) is 4.01. The first-order valence-corrected chi connectivity index (χ1v) is 5.70. The van der Waals surface area contributed by atoms with Crippen molar-refractivity contribution in [2.24, 2.45) is 5.73 Å². The van der Waals surface area contributed by atoms with Gasteiger partial charge < -0.3 is 11.1 Å². The van der Waals surface area contributed by atoms with Crippen molar-refractivity contribution in [3.8, 4) is 0 Å². The smallest absolute Gasteiger partial charge is 0.237 e. The summed E-state index contributed by atoms with van der Waals surface area (Å²) < 4.78 is 1.03. The molecule has 4 heteroatoms. The lowest BCUT2D eigenvalue weighted by Crippen LogP contribution is -2.39. The zero-order chi connectivity index (χ0) is 11.3. The van der Waals surface area contributed by atoms with Crippen molar-refractivity contribution in [3.05, 3.63) is 34.3 Å². The molecule has 1 aromatic rings. The van der Waals surface area contributed by atoms with Gasteiger partial charge in [0.1, 0.15) is 0 Å². The predicted octanol–water partition coefficient (Wildman–Crippen LogP) is 1.80. The SMILES string of the molecule is CC[C@H](N)C(=O)NCc1ccc(Br)cc1. The first kappa shape index (κ1) is 12.2. The van der Waals surface area contributed by atoms with E-state index in [1.165, 1.54) is 0 Å². The van der Waals surface area contributed by atoms with Crippen LogP contribution in [0.4, 0.5) is 0 Å². The largest absolute Gasteiger partial charge is 0.351 e. The van der Waals surface area contributed by atoms with E-state index in [4.69, 9.17) is 5.73 Å². The maximum absolute atomic E-state index is 11.4. The Morgan fingerprint density at radius 2 is 2.07 bits per heavy atom. The van der Waals surface area contributed by atoms with E-state index in [-0.39, 0.29) is 5.91 Å². The van der Waals surface area contributed by atoms with Gasteiger partial charge in [-0.05, 0) is 24.1 Å². The molecular weight excluding hydrogens is 256 g/mol. The second-order valence-corrected chi connectivity index (χ2v) is 4.27. The summed E-state index contributed by atoms with van der Waals surface area (Å²) in [4.78, 5) is 11.4. The molecule has 0 radical (unpaired) electrons. The highest BCUT2D eigenvalue weighted by Gasteiger charge is 2.09. The molecular formula is C11H15BrN2O. The van der Waals surface area contributed by atoms with Gasteiger partial charge in [0.05, 0.1) is 6.04 Å². The Morgan fingerprint density at radius 3 is 2.60 bits per heavy atom. The number of hydrogen-bond donors (Lipinski definition) is 2. The van der Waals surface area contributed by atoms with Crippen molar-refractivity contribution >= 4 is 21.8 Å². The average molecular weight is 271 g/mol. The minimum atomic E-state index is -0.402. The van der Waals surface area contributed by atoms with E-state index < -0.39 is 6.04 Å². The van der Waals surface area contributed by atoms with Crippen LogP contribution in [0.2, 0.25) is 0 Å². The van der Waals surface area contributed by atoms with E-state index in [2.05, 4.69) is 21.2 Å². The van der Waals surface area contributed by atoms with Crippen molar-refractivity contribution < 1.29 is 4.79 Å². The number of carbonyl (C=O) groups is 1. The lowest BCUT2D eigenvalue weighted by molar-refractivity contribution is -0.122. The molecule has 0 saturated heterocycles. The summed E-state index contributed by atoms with van der Waals surface area (Å²) in [5, 5.41) is 2.79. The fourth-order valence-corrected chi connectivity index (χ4v) is 1.37. The third-order valence-corrected chi connectivity index (χ3v) is 2.69. The molecule has 0 heterocycles. The van der Waals surface area contributed by atoms with Gasteiger partial charge >= 0.3 is 0 Å². The normalized spacial score (nSPS) is 12.2. The molecule has 0 bridgehead atoms. The predicted molar refractivity (Wildman–Crippen MR) is 64.3 cm³/mol. The van der Waals surface area contributed by atoms with Crippen LogP contribution >= 0.6 is 15.9 Å².